The third-order valence-corrected chi connectivity index (χ3v) is 3.37. The molecule has 0 aromatic heterocycles. The first-order valence-electron chi connectivity index (χ1n) is 4.86. The molecule has 0 spiro atoms. The van der Waals surface area contributed by atoms with Crippen LogP contribution in [0.25, 0.3) is 0 Å². The van der Waals surface area contributed by atoms with Crippen molar-refractivity contribution in [3.63, 3.8) is 0 Å². The summed E-state index contributed by atoms with van der Waals surface area (Å²) < 4.78 is 0. The Bertz CT molecular complexity index is 76.9. The molecule has 0 fully saturated rings. The molecule has 0 amide bonds. The Morgan fingerprint density at radius 1 is 1.09 bits per heavy atom. The summed E-state index contributed by atoms with van der Waals surface area (Å²) in [6.45, 7) is 9.20. The molecule has 0 aliphatic heterocycles. The molecule has 68 valence electrons. The van der Waals surface area contributed by atoms with Crippen LogP contribution in [0.4, 0.5) is 0 Å². The quantitative estimate of drug-likeness (QED) is 0.587. The fourth-order valence-corrected chi connectivity index (χ4v) is 2.42. The van der Waals surface area contributed by atoms with Gasteiger partial charge in [0.2, 0.25) is 0 Å². The van der Waals surface area contributed by atoms with Crippen LogP contribution >= 0.6 is 11.8 Å². The zero-order chi connectivity index (χ0) is 8.69. The van der Waals surface area contributed by atoms with E-state index in [1.807, 2.05) is 0 Å². The van der Waals surface area contributed by atoms with Crippen LogP contribution in [0.2, 0.25) is 0 Å². The van der Waals surface area contributed by atoms with Crippen molar-refractivity contribution in [1.29, 1.82) is 0 Å². The van der Waals surface area contributed by atoms with Gasteiger partial charge in [-0.1, -0.05) is 40.5 Å². The molecule has 1 unspecified atom stereocenters. The van der Waals surface area contributed by atoms with E-state index in [1.54, 1.807) is 0 Å². The van der Waals surface area contributed by atoms with Crippen molar-refractivity contribution in [2.45, 2.75) is 52.2 Å². The highest BCUT2D eigenvalue weighted by Gasteiger charge is 2.08. The first-order valence-corrected chi connectivity index (χ1v) is 5.90. The minimum Gasteiger partial charge on any atom is -0.159 e. The van der Waals surface area contributed by atoms with Gasteiger partial charge in [0.1, 0.15) is 0 Å². The molecule has 0 aromatic carbocycles. The van der Waals surface area contributed by atoms with Gasteiger partial charge in [-0.3, -0.25) is 0 Å². The second-order valence-electron chi connectivity index (χ2n) is 3.18. The Hall–Kier alpha value is 0.350. The predicted octanol–water partition coefficient (Wildman–Crippen LogP) is 3.95. The molecular weight excluding hydrogens is 152 g/mol. The molecule has 1 atom stereocenters. The SMILES string of the molecule is CCSC(C)CC(CC)CC. The summed E-state index contributed by atoms with van der Waals surface area (Å²) in [4.78, 5) is 0. The third kappa shape index (κ3) is 5.60. The van der Waals surface area contributed by atoms with E-state index in [-0.39, 0.29) is 0 Å². The monoisotopic (exact) mass is 174 g/mol. The fraction of sp³-hybridized carbons (Fsp3) is 1.00. The van der Waals surface area contributed by atoms with Gasteiger partial charge in [0.15, 0.2) is 0 Å². The minimum absolute atomic E-state index is 0.866. The van der Waals surface area contributed by atoms with E-state index >= 15 is 0 Å². The summed E-state index contributed by atoms with van der Waals surface area (Å²) >= 11 is 2.09. The van der Waals surface area contributed by atoms with E-state index in [1.165, 1.54) is 25.0 Å². The molecule has 1 heteroatoms. The van der Waals surface area contributed by atoms with E-state index in [0.717, 1.165) is 11.2 Å². The van der Waals surface area contributed by atoms with Gasteiger partial charge in [-0.25, -0.2) is 0 Å². The van der Waals surface area contributed by atoms with Crippen LogP contribution in [0.1, 0.15) is 47.0 Å². The van der Waals surface area contributed by atoms with Gasteiger partial charge in [-0.05, 0) is 18.1 Å². The van der Waals surface area contributed by atoms with E-state index in [0.29, 0.717) is 0 Å². The summed E-state index contributed by atoms with van der Waals surface area (Å²) in [7, 11) is 0. The van der Waals surface area contributed by atoms with Crippen LogP contribution in [0.5, 0.6) is 0 Å². The van der Waals surface area contributed by atoms with Crippen LogP contribution in [-0.4, -0.2) is 11.0 Å². The second-order valence-corrected chi connectivity index (χ2v) is 4.90. The molecule has 0 saturated carbocycles. The van der Waals surface area contributed by atoms with E-state index in [2.05, 4.69) is 39.5 Å². The standard InChI is InChI=1S/C10H22S/c1-5-10(6-2)8-9(4)11-7-3/h9-10H,5-8H2,1-4H3. The maximum absolute atomic E-state index is 2.35. The molecule has 0 bridgehead atoms. The molecule has 11 heavy (non-hydrogen) atoms. The zero-order valence-corrected chi connectivity index (χ0v) is 9.21. The summed E-state index contributed by atoms with van der Waals surface area (Å²) in [5.41, 5.74) is 0. The topological polar surface area (TPSA) is 0 Å². The lowest BCUT2D eigenvalue weighted by Crippen LogP contribution is -2.06. The Morgan fingerprint density at radius 3 is 2.00 bits per heavy atom. The van der Waals surface area contributed by atoms with Crippen molar-refractivity contribution < 1.29 is 0 Å². The van der Waals surface area contributed by atoms with Crippen molar-refractivity contribution in [3.05, 3.63) is 0 Å². The second kappa shape index (κ2) is 7.02. The van der Waals surface area contributed by atoms with Gasteiger partial charge in [0, 0.05) is 5.25 Å². The highest BCUT2D eigenvalue weighted by Crippen LogP contribution is 2.22. The van der Waals surface area contributed by atoms with Crippen molar-refractivity contribution in [1.82, 2.24) is 0 Å². The summed E-state index contributed by atoms with van der Waals surface area (Å²) in [5.74, 6) is 2.23. The van der Waals surface area contributed by atoms with Gasteiger partial charge in [0.05, 0.1) is 0 Å². The Morgan fingerprint density at radius 2 is 1.64 bits per heavy atom. The number of rotatable bonds is 6. The maximum Gasteiger partial charge on any atom is 0.00212 e. The van der Waals surface area contributed by atoms with Gasteiger partial charge in [-0.2, -0.15) is 11.8 Å². The average Bonchev–Trinajstić information content (AvgIpc) is 2.01. The molecular formula is C10H22S. The molecule has 0 rings (SSSR count). The third-order valence-electron chi connectivity index (χ3n) is 2.27. The number of hydrogen-bond donors (Lipinski definition) is 0. The van der Waals surface area contributed by atoms with Crippen molar-refractivity contribution in [2.75, 3.05) is 5.75 Å². The van der Waals surface area contributed by atoms with Crippen LogP contribution in [0.3, 0.4) is 0 Å². The van der Waals surface area contributed by atoms with Gasteiger partial charge < -0.3 is 0 Å². The predicted molar refractivity (Wildman–Crippen MR) is 56.3 cm³/mol. The van der Waals surface area contributed by atoms with Crippen molar-refractivity contribution >= 4 is 11.8 Å². The lowest BCUT2D eigenvalue weighted by atomic mass is 9.98. The average molecular weight is 174 g/mol. The zero-order valence-electron chi connectivity index (χ0n) is 8.39. The van der Waals surface area contributed by atoms with Crippen LogP contribution in [0, 0.1) is 5.92 Å². The highest BCUT2D eigenvalue weighted by atomic mass is 32.2. The summed E-state index contributed by atoms with van der Waals surface area (Å²) in [6.07, 6.45) is 4.11. The maximum atomic E-state index is 2.35. The van der Waals surface area contributed by atoms with E-state index < -0.39 is 0 Å². The van der Waals surface area contributed by atoms with Crippen LogP contribution in [0.15, 0.2) is 0 Å². The highest BCUT2D eigenvalue weighted by molar-refractivity contribution is 7.99. The van der Waals surface area contributed by atoms with Gasteiger partial charge in [-0.15, -0.1) is 0 Å². The summed E-state index contributed by atoms with van der Waals surface area (Å²) in [5, 5.41) is 0.866. The first-order chi connectivity index (χ1) is 5.24. The molecule has 0 heterocycles. The lowest BCUT2D eigenvalue weighted by molar-refractivity contribution is 0.456. The van der Waals surface area contributed by atoms with Crippen LogP contribution in [-0.2, 0) is 0 Å². The molecule has 0 saturated heterocycles. The Balaban J connectivity index is 3.44. The lowest BCUT2D eigenvalue weighted by Gasteiger charge is -2.16. The van der Waals surface area contributed by atoms with E-state index in [9.17, 15) is 0 Å². The molecule has 0 aromatic rings. The normalized spacial score (nSPS) is 13.9. The summed E-state index contributed by atoms with van der Waals surface area (Å²) in [6, 6.07) is 0. The van der Waals surface area contributed by atoms with Crippen LogP contribution < -0.4 is 0 Å². The fourth-order valence-electron chi connectivity index (χ4n) is 1.44. The molecule has 0 radical (unpaired) electrons. The van der Waals surface area contributed by atoms with Crippen molar-refractivity contribution in [3.8, 4) is 0 Å². The molecule has 0 aliphatic rings. The Labute approximate surface area is 76.1 Å². The first kappa shape index (κ1) is 11.4. The van der Waals surface area contributed by atoms with Gasteiger partial charge in [0.25, 0.3) is 0 Å². The largest absolute Gasteiger partial charge is 0.159 e. The molecule has 0 nitrogen and oxygen atoms in total. The molecule has 0 aliphatic carbocycles. The number of hydrogen-bond acceptors (Lipinski definition) is 1. The van der Waals surface area contributed by atoms with Crippen molar-refractivity contribution in [2.24, 2.45) is 5.92 Å². The van der Waals surface area contributed by atoms with E-state index in [4.69, 9.17) is 0 Å². The smallest absolute Gasteiger partial charge is 0.00212 e. The molecule has 0 N–H and O–H groups in total. The number of thioether (sulfide) groups is 1. The van der Waals surface area contributed by atoms with Gasteiger partial charge >= 0.3 is 0 Å². The minimum atomic E-state index is 0.866. The Kier molecular flexibility index (Phi) is 7.25.